The summed E-state index contributed by atoms with van der Waals surface area (Å²) < 4.78 is 19.4. The third kappa shape index (κ3) is 9.45. The Hall–Kier alpha value is -4.74. The van der Waals surface area contributed by atoms with E-state index in [1.54, 1.807) is 30.3 Å². The number of rotatable bonds is 14. The molecule has 0 fully saturated rings. The lowest BCUT2D eigenvalue weighted by atomic mass is 10.0. The fourth-order valence-corrected chi connectivity index (χ4v) is 4.14. The molecule has 0 saturated heterocycles. The Kier molecular flexibility index (Phi) is 11.0. The lowest BCUT2D eigenvalue weighted by molar-refractivity contribution is -0.139. The van der Waals surface area contributed by atoms with E-state index in [0.29, 0.717) is 24.0 Å². The van der Waals surface area contributed by atoms with E-state index in [1.165, 1.54) is 24.3 Å². The number of halogens is 1. The Bertz CT molecular complexity index is 1350. The minimum Gasteiger partial charge on any atom is -0.480 e. The molecule has 0 aliphatic rings. The molecule has 0 aliphatic carbocycles. The number of carboxylic acid groups (broad SMARTS) is 1. The first kappa shape index (κ1) is 30.8. The highest BCUT2D eigenvalue weighted by Crippen LogP contribution is 2.30. The van der Waals surface area contributed by atoms with Gasteiger partial charge in [0.25, 0.3) is 5.91 Å². The monoisotopic (exact) mass is 566 g/mol. The molecular formula is C29H35FN6O5. The van der Waals surface area contributed by atoms with Crippen molar-refractivity contribution in [1.29, 1.82) is 0 Å². The minimum atomic E-state index is -1.22. The molecule has 3 aromatic rings. The first-order valence-electron chi connectivity index (χ1n) is 13.2. The average molecular weight is 567 g/mol. The number of oxazole rings is 1. The molecule has 2 aromatic carbocycles. The molecule has 218 valence electrons. The maximum atomic E-state index is 13.4. The molecule has 2 atom stereocenters. The topological polar surface area (TPSA) is 186 Å². The first-order chi connectivity index (χ1) is 19.5. The van der Waals surface area contributed by atoms with Gasteiger partial charge in [0.1, 0.15) is 17.9 Å². The number of aliphatic imine (C=N–C) groups is 1. The van der Waals surface area contributed by atoms with E-state index in [9.17, 15) is 23.9 Å². The van der Waals surface area contributed by atoms with Crippen LogP contribution < -0.4 is 22.1 Å². The van der Waals surface area contributed by atoms with Crippen molar-refractivity contribution in [3.8, 4) is 11.3 Å². The Balaban J connectivity index is 1.88. The Morgan fingerprint density at radius 1 is 1.05 bits per heavy atom. The van der Waals surface area contributed by atoms with Crippen molar-refractivity contribution in [3.05, 3.63) is 77.6 Å². The Morgan fingerprint density at radius 3 is 2.34 bits per heavy atom. The van der Waals surface area contributed by atoms with E-state index in [1.807, 2.05) is 13.8 Å². The molecule has 41 heavy (non-hydrogen) atoms. The van der Waals surface area contributed by atoms with Gasteiger partial charge in [-0.3, -0.25) is 14.6 Å². The van der Waals surface area contributed by atoms with Crippen LogP contribution in [0.15, 0.2) is 64.0 Å². The van der Waals surface area contributed by atoms with E-state index in [0.717, 1.165) is 0 Å². The van der Waals surface area contributed by atoms with Gasteiger partial charge in [-0.05, 0) is 42.9 Å². The van der Waals surface area contributed by atoms with Crippen LogP contribution in [0, 0.1) is 11.7 Å². The zero-order chi connectivity index (χ0) is 29.9. The molecule has 1 aromatic heterocycles. The summed E-state index contributed by atoms with van der Waals surface area (Å²) in [6.45, 7) is 4.14. The molecule has 0 saturated carbocycles. The normalized spacial score (nSPS) is 12.4. The summed E-state index contributed by atoms with van der Waals surface area (Å²) >= 11 is 0. The number of carbonyl (C=O) groups excluding carboxylic acids is 2. The van der Waals surface area contributed by atoms with Crippen LogP contribution in [-0.4, -0.2) is 46.4 Å². The smallest absolute Gasteiger partial charge is 0.326 e. The molecule has 0 aliphatic heterocycles. The van der Waals surface area contributed by atoms with Crippen LogP contribution in [0.3, 0.4) is 0 Å². The number of carbonyl (C=O) groups is 3. The maximum Gasteiger partial charge on any atom is 0.326 e. The molecule has 1 unspecified atom stereocenters. The highest BCUT2D eigenvalue weighted by Gasteiger charge is 2.29. The summed E-state index contributed by atoms with van der Waals surface area (Å²) in [5.41, 5.74) is 11.7. The quantitative estimate of drug-likeness (QED) is 0.112. The maximum absolute atomic E-state index is 13.4. The number of nitrogens with two attached hydrogens (primary N) is 2. The third-order valence-electron chi connectivity index (χ3n) is 6.06. The number of benzene rings is 2. The van der Waals surface area contributed by atoms with Gasteiger partial charge in [0, 0.05) is 12.1 Å². The van der Waals surface area contributed by atoms with Gasteiger partial charge in [0.15, 0.2) is 17.4 Å². The molecule has 0 spiro atoms. The second-order valence-corrected chi connectivity index (χ2v) is 9.96. The van der Waals surface area contributed by atoms with Gasteiger partial charge in [-0.2, -0.15) is 0 Å². The standard InChI is InChI=1S/C29H35FN6O5/c1-17(2)15-22(34-23(37)16-18-10-12-20(30)13-11-18)27-36-24(25(41-27)19-7-4-3-5-8-19)26(38)35-21(28(39)40)9-6-14-33-29(31)32/h3-5,7-8,10-13,17,21-22H,6,9,14-16H2,1-2H3,(H,34,37)(H,35,38)(H,39,40)(H4,31,32,33)/t21-,22?/m0/s1. The summed E-state index contributed by atoms with van der Waals surface area (Å²) in [6, 6.07) is 12.5. The summed E-state index contributed by atoms with van der Waals surface area (Å²) in [4.78, 5) is 46.4. The molecule has 11 nitrogen and oxygen atoms in total. The zero-order valence-electron chi connectivity index (χ0n) is 23.0. The SMILES string of the molecule is CC(C)CC(NC(=O)Cc1ccc(F)cc1)c1nc(C(=O)N[C@@H](CCCN=C(N)N)C(=O)O)c(-c2ccccc2)o1. The molecule has 0 bridgehead atoms. The number of guanidine groups is 1. The number of nitrogens with one attached hydrogen (secondary N) is 2. The lowest BCUT2D eigenvalue weighted by Gasteiger charge is -2.18. The molecule has 0 radical (unpaired) electrons. The molecular weight excluding hydrogens is 531 g/mol. The Labute approximate surface area is 237 Å². The van der Waals surface area contributed by atoms with Crippen molar-refractivity contribution < 1.29 is 28.3 Å². The van der Waals surface area contributed by atoms with Gasteiger partial charge >= 0.3 is 5.97 Å². The molecule has 1 heterocycles. The molecule has 7 N–H and O–H groups in total. The largest absolute Gasteiger partial charge is 0.480 e. The van der Waals surface area contributed by atoms with Crippen LogP contribution in [-0.2, 0) is 16.0 Å². The molecule has 2 amide bonds. The lowest BCUT2D eigenvalue weighted by Crippen LogP contribution is -2.41. The van der Waals surface area contributed by atoms with Crippen LogP contribution in [0.2, 0.25) is 0 Å². The number of aliphatic carboxylic acids is 1. The fraction of sp³-hybridized carbons (Fsp3) is 0.345. The van der Waals surface area contributed by atoms with Crippen molar-refractivity contribution in [1.82, 2.24) is 15.6 Å². The predicted octanol–water partition coefficient (Wildman–Crippen LogP) is 3.16. The second-order valence-electron chi connectivity index (χ2n) is 9.96. The second kappa shape index (κ2) is 14.6. The minimum absolute atomic E-state index is 0.00854. The van der Waals surface area contributed by atoms with Crippen molar-refractivity contribution in [3.63, 3.8) is 0 Å². The van der Waals surface area contributed by atoms with Gasteiger partial charge in [0.2, 0.25) is 11.8 Å². The number of carboxylic acids is 1. The highest BCUT2D eigenvalue weighted by atomic mass is 19.1. The van der Waals surface area contributed by atoms with Crippen LogP contribution in [0.5, 0.6) is 0 Å². The number of nitrogens with zero attached hydrogens (tertiary/aromatic N) is 2. The highest BCUT2D eigenvalue weighted by molar-refractivity contribution is 5.99. The Morgan fingerprint density at radius 2 is 1.73 bits per heavy atom. The van der Waals surface area contributed by atoms with Gasteiger partial charge in [-0.25, -0.2) is 14.2 Å². The zero-order valence-corrected chi connectivity index (χ0v) is 23.0. The van der Waals surface area contributed by atoms with E-state index in [-0.39, 0.29) is 54.5 Å². The number of hydrogen-bond acceptors (Lipinski definition) is 6. The first-order valence-corrected chi connectivity index (χ1v) is 13.2. The van der Waals surface area contributed by atoms with Crippen LogP contribution in [0.25, 0.3) is 11.3 Å². The van der Waals surface area contributed by atoms with Gasteiger partial charge in [-0.1, -0.05) is 56.3 Å². The number of aromatic nitrogens is 1. The summed E-state index contributed by atoms with van der Waals surface area (Å²) in [7, 11) is 0. The van der Waals surface area contributed by atoms with Crippen LogP contribution >= 0.6 is 0 Å². The molecule has 12 heteroatoms. The van der Waals surface area contributed by atoms with Crippen molar-refractivity contribution in [2.75, 3.05) is 6.54 Å². The van der Waals surface area contributed by atoms with Crippen molar-refractivity contribution in [2.24, 2.45) is 22.4 Å². The van der Waals surface area contributed by atoms with Gasteiger partial charge in [-0.15, -0.1) is 0 Å². The summed E-state index contributed by atoms with van der Waals surface area (Å²) in [6.07, 6.45) is 0.863. The van der Waals surface area contributed by atoms with Crippen LogP contribution in [0.1, 0.15) is 61.1 Å². The third-order valence-corrected chi connectivity index (χ3v) is 6.06. The summed E-state index contributed by atoms with van der Waals surface area (Å²) in [5.74, 6) is -2.43. The molecule has 3 rings (SSSR count). The fourth-order valence-electron chi connectivity index (χ4n) is 4.14. The number of amides is 2. The van der Waals surface area contributed by atoms with Crippen molar-refractivity contribution >= 4 is 23.7 Å². The van der Waals surface area contributed by atoms with E-state index in [2.05, 4.69) is 20.6 Å². The van der Waals surface area contributed by atoms with Crippen LogP contribution in [0.4, 0.5) is 4.39 Å². The predicted molar refractivity (Wildman–Crippen MR) is 151 cm³/mol. The number of hydrogen-bond donors (Lipinski definition) is 5. The average Bonchev–Trinajstić information content (AvgIpc) is 3.37. The van der Waals surface area contributed by atoms with Gasteiger partial charge < -0.3 is 31.6 Å². The van der Waals surface area contributed by atoms with E-state index in [4.69, 9.17) is 15.9 Å². The van der Waals surface area contributed by atoms with Gasteiger partial charge in [0.05, 0.1) is 6.42 Å². The summed E-state index contributed by atoms with van der Waals surface area (Å²) in [5, 5.41) is 15.1. The van der Waals surface area contributed by atoms with Crippen molar-refractivity contribution in [2.45, 2.75) is 51.6 Å². The van der Waals surface area contributed by atoms with E-state index < -0.39 is 29.8 Å². The van der Waals surface area contributed by atoms with E-state index >= 15 is 0 Å².